The molecule has 1 heterocycles. The monoisotopic (exact) mass is 254 g/mol. The lowest BCUT2D eigenvalue weighted by Crippen LogP contribution is -2.38. The molecule has 0 saturated carbocycles. The zero-order chi connectivity index (χ0) is 12.3. The van der Waals surface area contributed by atoms with E-state index >= 15 is 0 Å². The number of rotatable bonds is 3. The van der Waals surface area contributed by atoms with Gasteiger partial charge in [0.2, 0.25) is 0 Å². The third-order valence-corrected chi connectivity index (χ3v) is 3.61. The summed E-state index contributed by atoms with van der Waals surface area (Å²) >= 11 is 5.91. The predicted molar refractivity (Wildman–Crippen MR) is 71.2 cm³/mol. The number of anilines is 1. The zero-order valence-corrected chi connectivity index (χ0v) is 10.9. The number of nitrogens with two attached hydrogens (primary N) is 1. The Morgan fingerprint density at radius 2 is 2.35 bits per heavy atom. The van der Waals surface area contributed by atoms with E-state index in [1.807, 2.05) is 18.2 Å². The Bertz CT molecular complexity index is 384. The highest BCUT2D eigenvalue weighted by molar-refractivity contribution is 6.33. The van der Waals surface area contributed by atoms with Gasteiger partial charge in [-0.15, -0.1) is 0 Å². The molecule has 4 heteroatoms. The molecule has 0 amide bonds. The van der Waals surface area contributed by atoms with Gasteiger partial charge >= 0.3 is 0 Å². The lowest BCUT2D eigenvalue weighted by molar-refractivity contribution is 0.0285. The summed E-state index contributed by atoms with van der Waals surface area (Å²) in [5.41, 5.74) is 7.67. The van der Waals surface area contributed by atoms with Crippen LogP contribution in [0.4, 0.5) is 5.69 Å². The summed E-state index contributed by atoms with van der Waals surface area (Å²) in [6.07, 6.45) is 2.73. The van der Waals surface area contributed by atoms with Crippen LogP contribution in [0.5, 0.6) is 0 Å². The van der Waals surface area contributed by atoms with Crippen molar-refractivity contribution in [2.75, 3.05) is 25.9 Å². The average Bonchev–Trinajstić information content (AvgIpc) is 2.34. The van der Waals surface area contributed by atoms with Gasteiger partial charge in [0, 0.05) is 20.2 Å². The molecule has 1 unspecified atom stereocenters. The molecule has 2 rings (SSSR count). The van der Waals surface area contributed by atoms with Gasteiger partial charge in [-0.05, 0) is 37.1 Å². The van der Waals surface area contributed by atoms with Crippen molar-refractivity contribution in [2.24, 2.45) is 0 Å². The molecule has 17 heavy (non-hydrogen) atoms. The van der Waals surface area contributed by atoms with Crippen molar-refractivity contribution in [3.63, 3.8) is 0 Å². The first kappa shape index (κ1) is 12.7. The van der Waals surface area contributed by atoms with Crippen LogP contribution in [-0.2, 0) is 11.3 Å². The SMILES string of the molecule is COC1CCCN(Cc2ccc(Cl)c(N)c2)C1. The number of methoxy groups -OCH3 is 1. The minimum absolute atomic E-state index is 0.369. The second kappa shape index (κ2) is 5.71. The van der Waals surface area contributed by atoms with E-state index in [2.05, 4.69) is 4.90 Å². The molecule has 1 atom stereocenters. The molecule has 1 aliphatic heterocycles. The second-order valence-corrected chi connectivity index (χ2v) is 5.00. The van der Waals surface area contributed by atoms with E-state index < -0.39 is 0 Å². The summed E-state index contributed by atoms with van der Waals surface area (Å²) in [6, 6.07) is 5.86. The maximum absolute atomic E-state index is 5.91. The number of nitrogen functional groups attached to an aromatic ring is 1. The second-order valence-electron chi connectivity index (χ2n) is 4.59. The molecular weight excluding hydrogens is 236 g/mol. The highest BCUT2D eigenvalue weighted by atomic mass is 35.5. The molecule has 1 saturated heterocycles. The van der Waals surface area contributed by atoms with Crippen LogP contribution in [0.25, 0.3) is 0 Å². The highest BCUT2D eigenvalue weighted by Gasteiger charge is 2.19. The summed E-state index contributed by atoms with van der Waals surface area (Å²) in [4.78, 5) is 2.40. The number of likely N-dealkylation sites (tertiary alicyclic amines) is 1. The largest absolute Gasteiger partial charge is 0.398 e. The molecule has 0 bridgehead atoms. The number of piperidine rings is 1. The third-order valence-electron chi connectivity index (χ3n) is 3.26. The Balaban J connectivity index is 1.97. The summed E-state index contributed by atoms with van der Waals surface area (Å²) in [7, 11) is 1.79. The lowest BCUT2D eigenvalue weighted by Gasteiger charge is -2.31. The fourth-order valence-corrected chi connectivity index (χ4v) is 2.42. The number of ether oxygens (including phenoxy) is 1. The van der Waals surface area contributed by atoms with Crippen LogP contribution in [0.2, 0.25) is 5.02 Å². The molecular formula is C13H19ClN2O. The van der Waals surface area contributed by atoms with Gasteiger partial charge in [0.25, 0.3) is 0 Å². The van der Waals surface area contributed by atoms with Crippen molar-refractivity contribution < 1.29 is 4.74 Å². The van der Waals surface area contributed by atoms with E-state index in [-0.39, 0.29) is 0 Å². The maximum Gasteiger partial charge on any atom is 0.0698 e. The molecule has 2 N–H and O–H groups in total. The Morgan fingerprint density at radius 1 is 1.53 bits per heavy atom. The molecule has 0 radical (unpaired) electrons. The maximum atomic E-state index is 5.91. The molecule has 1 fully saturated rings. The van der Waals surface area contributed by atoms with Crippen molar-refractivity contribution in [1.82, 2.24) is 4.90 Å². The van der Waals surface area contributed by atoms with Crippen LogP contribution in [0.3, 0.4) is 0 Å². The Kier molecular flexibility index (Phi) is 4.26. The fourth-order valence-electron chi connectivity index (χ4n) is 2.30. The lowest BCUT2D eigenvalue weighted by atomic mass is 10.1. The van der Waals surface area contributed by atoms with E-state index in [1.54, 1.807) is 7.11 Å². The van der Waals surface area contributed by atoms with Crippen molar-refractivity contribution in [3.05, 3.63) is 28.8 Å². The van der Waals surface area contributed by atoms with Gasteiger partial charge in [0.05, 0.1) is 16.8 Å². The van der Waals surface area contributed by atoms with Gasteiger partial charge < -0.3 is 10.5 Å². The Morgan fingerprint density at radius 3 is 3.06 bits per heavy atom. The van der Waals surface area contributed by atoms with Gasteiger partial charge in [0.1, 0.15) is 0 Å². The van der Waals surface area contributed by atoms with E-state index in [0.717, 1.165) is 26.1 Å². The van der Waals surface area contributed by atoms with Crippen molar-refractivity contribution in [2.45, 2.75) is 25.5 Å². The van der Waals surface area contributed by atoms with Crippen LogP contribution < -0.4 is 5.73 Å². The number of hydrogen-bond acceptors (Lipinski definition) is 3. The topological polar surface area (TPSA) is 38.5 Å². The molecule has 0 aliphatic carbocycles. The molecule has 94 valence electrons. The van der Waals surface area contributed by atoms with Gasteiger partial charge in [-0.1, -0.05) is 17.7 Å². The minimum Gasteiger partial charge on any atom is -0.398 e. The Hall–Kier alpha value is -0.770. The standard InChI is InChI=1S/C13H19ClN2O/c1-17-11-3-2-6-16(9-11)8-10-4-5-12(14)13(15)7-10/h4-5,7,11H,2-3,6,8-9,15H2,1H3. The molecule has 0 spiro atoms. The average molecular weight is 255 g/mol. The van der Waals surface area contributed by atoms with E-state index in [0.29, 0.717) is 16.8 Å². The smallest absolute Gasteiger partial charge is 0.0698 e. The van der Waals surface area contributed by atoms with Gasteiger partial charge in [-0.3, -0.25) is 4.90 Å². The summed E-state index contributed by atoms with van der Waals surface area (Å²) < 4.78 is 5.41. The van der Waals surface area contributed by atoms with Crippen LogP contribution >= 0.6 is 11.6 Å². The number of benzene rings is 1. The van der Waals surface area contributed by atoms with Crippen LogP contribution in [-0.4, -0.2) is 31.2 Å². The van der Waals surface area contributed by atoms with Crippen LogP contribution in [0.1, 0.15) is 18.4 Å². The summed E-state index contributed by atoms with van der Waals surface area (Å²) in [6.45, 7) is 3.04. The van der Waals surface area contributed by atoms with Crippen LogP contribution in [0.15, 0.2) is 18.2 Å². The van der Waals surface area contributed by atoms with Crippen molar-refractivity contribution in [1.29, 1.82) is 0 Å². The first-order chi connectivity index (χ1) is 8.19. The third kappa shape index (κ3) is 3.35. The molecule has 3 nitrogen and oxygen atoms in total. The van der Waals surface area contributed by atoms with E-state index in [4.69, 9.17) is 22.1 Å². The van der Waals surface area contributed by atoms with Crippen LogP contribution in [0, 0.1) is 0 Å². The van der Waals surface area contributed by atoms with Gasteiger partial charge in [0.15, 0.2) is 0 Å². The van der Waals surface area contributed by atoms with Crippen molar-refractivity contribution >= 4 is 17.3 Å². The predicted octanol–water partition coefficient (Wildman–Crippen LogP) is 2.53. The first-order valence-corrected chi connectivity index (χ1v) is 6.36. The zero-order valence-electron chi connectivity index (χ0n) is 10.2. The molecule has 1 aromatic rings. The summed E-state index contributed by atoms with van der Waals surface area (Å²) in [5, 5.41) is 0.627. The highest BCUT2D eigenvalue weighted by Crippen LogP contribution is 2.21. The number of hydrogen-bond donors (Lipinski definition) is 1. The fraction of sp³-hybridized carbons (Fsp3) is 0.538. The minimum atomic E-state index is 0.369. The normalized spacial score (nSPS) is 21.6. The molecule has 0 aromatic heterocycles. The molecule has 1 aromatic carbocycles. The summed E-state index contributed by atoms with van der Waals surface area (Å²) in [5.74, 6) is 0. The number of halogens is 1. The Labute approximate surface area is 107 Å². The van der Waals surface area contributed by atoms with Crippen molar-refractivity contribution in [3.8, 4) is 0 Å². The van der Waals surface area contributed by atoms with E-state index in [1.165, 1.54) is 12.0 Å². The van der Waals surface area contributed by atoms with Gasteiger partial charge in [-0.25, -0.2) is 0 Å². The quantitative estimate of drug-likeness (QED) is 0.843. The first-order valence-electron chi connectivity index (χ1n) is 5.98. The van der Waals surface area contributed by atoms with E-state index in [9.17, 15) is 0 Å². The number of nitrogens with zero attached hydrogens (tertiary/aromatic N) is 1. The molecule has 1 aliphatic rings. The van der Waals surface area contributed by atoms with Gasteiger partial charge in [-0.2, -0.15) is 0 Å².